The summed E-state index contributed by atoms with van der Waals surface area (Å²) in [6, 6.07) is 3.88. The van der Waals surface area contributed by atoms with Gasteiger partial charge in [-0.3, -0.25) is 24.5 Å². The SMILES string of the molecule is CC(CN(C(=O)CSc1ccc(C(N)=O)cc1[N+](=O)[O-])C1CC1)C(=O)O. The van der Waals surface area contributed by atoms with Crippen molar-refractivity contribution in [3.05, 3.63) is 33.9 Å². The molecule has 2 amide bonds. The second-order valence-corrected chi connectivity index (χ2v) is 7.13. The molecule has 0 aliphatic heterocycles. The van der Waals surface area contributed by atoms with Crippen molar-refractivity contribution < 1.29 is 24.4 Å². The monoisotopic (exact) mass is 381 g/mol. The molecule has 1 saturated carbocycles. The zero-order valence-corrected chi connectivity index (χ0v) is 14.9. The lowest BCUT2D eigenvalue weighted by atomic mass is 10.1. The van der Waals surface area contributed by atoms with Crippen molar-refractivity contribution in [3.63, 3.8) is 0 Å². The first-order valence-electron chi connectivity index (χ1n) is 7.94. The first-order valence-corrected chi connectivity index (χ1v) is 8.92. The molecular formula is C16H19N3O6S. The minimum Gasteiger partial charge on any atom is -0.481 e. The Hall–Kier alpha value is -2.62. The van der Waals surface area contributed by atoms with Gasteiger partial charge in [0.05, 0.1) is 21.5 Å². The maximum atomic E-state index is 12.5. The molecule has 140 valence electrons. The number of carbonyl (C=O) groups is 3. The molecule has 0 heterocycles. The lowest BCUT2D eigenvalue weighted by molar-refractivity contribution is -0.387. The largest absolute Gasteiger partial charge is 0.481 e. The number of primary amides is 1. The molecule has 1 aromatic carbocycles. The zero-order valence-electron chi connectivity index (χ0n) is 14.1. The van der Waals surface area contributed by atoms with Crippen LogP contribution in [0.4, 0.5) is 5.69 Å². The molecule has 0 aromatic heterocycles. The summed E-state index contributed by atoms with van der Waals surface area (Å²) in [6.07, 6.45) is 1.66. The van der Waals surface area contributed by atoms with E-state index in [-0.39, 0.29) is 40.4 Å². The molecule has 1 fully saturated rings. The van der Waals surface area contributed by atoms with Crippen LogP contribution in [0.15, 0.2) is 23.1 Å². The van der Waals surface area contributed by atoms with E-state index in [1.165, 1.54) is 24.0 Å². The topological polar surface area (TPSA) is 144 Å². The predicted molar refractivity (Wildman–Crippen MR) is 93.9 cm³/mol. The van der Waals surface area contributed by atoms with Crippen LogP contribution >= 0.6 is 11.8 Å². The number of benzene rings is 1. The lowest BCUT2D eigenvalue weighted by Crippen LogP contribution is -2.39. The molecule has 1 aliphatic rings. The maximum Gasteiger partial charge on any atom is 0.308 e. The highest BCUT2D eigenvalue weighted by molar-refractivity contribution is 8.00. The van der Waals surface area contributed by atoms with Crippen LogP contribution in [0.5, 0.6) is 0 Å². The smallest absolute Gasteiger partial charge is 0.308 e. The Morgan fingerprint density at radius 2 is 2.08 bits per heavy atom. The molecule has 0 bridgehead atoms. The molecule has 1 aromatic rings. The summed E-state index contributed by atoms with van der Waals surface area (Å²) >= 11 is 0.980. The summed E-state index contributed by atoms with van der Waals surface area (Å²) in [6.45, 7) is 1.65. The van der Waals surface area contributed by atoms with Crippen molar-refractivity contribution in [1.82, 2.24) is 4.90 Å². The number of aliphatic carboxylic acids is 1. The van der Waals surface area contributed by atoms with E-state index in [1.54, 1.807) is 0 Å². The molecule has 0 spiro atoms. The Labute approximate surface area is 153 Å². The van der Waals surface area contributed by atoms with E-state index in [4.69, 9.17) is 10.8 Å². The van der Waals surface area contributed by atoms with Crippen molar-refractivity contribution in [3.8, 4) is 0 Å². The van der Waals surface area contributed by atoms with Crippen molar-refractivity contribution in [2.24, 2.45) is 11.7 Å². The Kier molecular flexibility index (Phi) is 6.19. The van der Waals surface area contributed by atoms with E-state index >= 15 is 0 Å². The van der Waals surface area contributed by atoms with Gasteiger partial charge in [-0.1, -0.05) is 6.92 Å². The number of carboxylic acid groups (broad SMARTS) is 1. The van der Waals surface area contributed by atoms with Crippen molar-refractivity contribution in [1.29, 1.82) is 0 Å². The second kappa shape index (κ2) is 8.17. The first kappa shape index (κ1) is 19.7. The van der Waals surface area contributed by atoms with Gasteiger partial charge in [0.2, 0.25) is 11.8 Å². The number of thioether (sulfide) groups is 1. The normalized spacial score (nSPS) is 14.5. The average molecular weight is 381 g/mol. The fourth-order valence-corrected chi connectivity index (χ4v) is 3.26. The van der Waals surface area contributed by atoms with Crippen LogP contribution in [0.2, 0.25) is 0 Å². The van der Waals surface area contributed by atoms with Gasteiger partial charge in [-0.05, 0) is 25.0 Å². The molecule has 1 atom stereocenters. The van der Waals surface area contributed by atoms with Gasteiger partial charge >= 0.3 is 5.97 Å². The van der Waals surface area contributed by atoms with Gasteiger partial charge < -0.3 is 15.7 Å². The second-order valence-electron chi connectivity index (χ2n) is 6.11. The summed E-state index contributed by atoms with van der Waals surface area (Å²) in [7, 11) is 0. The van der Waals surface area contributed by atoms with Gasteiger partial charge in [0.1, 0.15) is 0 Å². The summed E-state index contributed by atoms with van der Waals surface area (Å²) in [4.78, 5) is 47.0. The number of hydrogen-bond donors (Lipinski definition) is 2. The van der Waals surface area contributed by atoms with Crippen molar-refractivity contribution >= 4 is 35.2 Å². The molecule has 1 unspecified atom stereocenters. The van der Waals surface area contributed by atoms with Gasteiger partial charge in [0.25, 0.3) is 5.69 Å². The summed E-state index contributed by atoms with van der Waals surface area (Å²) in [5, 5.41) is 20.2. The number of nitrogens with two attached hydrogens (primary N) is 1. The van der Waals surface area contributed by atoms with Gasteiger partial charge in [0, 0.05) is 24.2 Å². The molecule has 9 nitrogen and oxygen atoms in total. The molecule has 2 rings (SSSR count). The molecular weight excluding hydrogens is 362 g/mol. The summed E-state index contributed by atoms with van der Waals surface area (Å²) in [5.41, 5.74) is 4.85. The van der Waals surface area contributed by atoms with Crippen LogP contribution in [0, 0.1) is 16.0 Å². The number of carboxylic acids is 1. The van der Waals surface area contributed by atoms with Crippen LogP contribution in [-0.2, 0) is 9.59 Å². The summed E-state index contributed by atoms with van der Waals surface area (Å²) < 4.78 is 0. The third-order valence-corrected chi connectivity index (χ3v) is 5.04. The standard InChI is InChI=1S/C16H19N3O6S/c1-9(16(22)23)7-18(11-3-4-11)14(20)8-26-13-5-2-10(15(17)21)6-12(13)19(24)25/h2,5-6,9,11H,3-4,7-8H2,1H3,(H2,17,21)(H,22,23). The van der Waals surface area contributed by atoms with E-state index < -0.39 is 22.7 Å². The maximum absolute atomic E-state index is 12.5. The van der Waals surface area contributed by atoms with Crippen molar-refractivity contribution in [2.45, 2.75) is 30.7 Å². The highest BCUT2D eigenvalue weighted by Crippen LogP contribution is 2.32. The Bertz CT molecular complexity index is 750. The highest BCUT2D eigenvalue weighted by atomic mass is 32.2. The van der Waals surface area contributed by atoms with Crippen LogP contribution in [0.1, 0.15) is 30.1 Å². The van der Waals surface area contributed by atoms with Crippen LogP contribution < -0.4 is 5.73 Å². The minimum atomic E-state index is -0.978. The molecule has 1 aliphatic carbocycles. The molecule has 10 heteroatoms. The molecule has 3 N–H and O–H groups in total. The summed E-state index contributed by atoms with van der Waals surface area (Å²) in [5.74, 6) is -2.76. The zero-order chi connectivity index (χ0) is 19.4. The van der Waals surface area contributed by atoms with E-state index in [9.17, 15) is 24.5 Å². The van der Waals surface area contributed by atoms with Gasteiger partial charge in [-0.15, -0.1) is 11.8 Å². The fourth-order valence-electron chi connectivity index (χ4n) is 2.37. The number of carbonyl (C=O) groups excluding carboxylic acids is 2. The minimum absolute atomic E-state index is 0.0160. The molecule has 0 saturated heterocycles. The van der Waals surface area contributed by atoms with Crippen LogP contribution in [0.25, 0.3) is 0 Å². The Morgan fingerprint density at radius 3 is 2.58 bits per heavy atom. The van der Waals surface area contributed by atoms with Gasteiger partial charge in [-0.25, -0.2) is 0 Å². The third kappa shape index (κ3) is 4.94. The number of nitro groups is 1. The van der Waals surface area contributed by atoms with E-state index in [2.05, 4.69) is 0 Å². The number of nitrogens with zero attached hydrogens (tertiary/aromatic N) is 2. The Morgan fingerprint density at radius 1 is 1.42 bits per heavy atom. The molecule has 0 radical (unpaired) electrons. The van der Waals surface area contributed by atoms with Crippen molar-refractivity contribution in [2.75, 3.05) is 12.3 Å². The average Bonchev–Trinajstić information content (AvgIpc) is 3.41. The predicted octanol–water partition coefficient (Wildman–Crippen LogP) is 1.50. The quantitative estimate of drug-likeness (QED) is 0.374. The number of rotatable bonds is 9. The van der Waals surface area contributed by atoms with Crippen LogP contribution in [-0.4, -0.2) is 51.1 Å². The Balaban J connectivity index is 2.09. The number of hydrogen-bond acceptors (Lipinski definition) is 6. The van der Waals surface area contributed by atoms with Gasteiger partial charge in [0.15, 0.2) is 0 Å². The number of nitro benzene ring substituents is 1. The molecule has 26 heavy (non-hydrogen) atoms. The van der Waals surface area contributed by atoms with E-state index in [0.29, 0.717) is 0 Å². The fraction of sp³-hybridized carbons (Fsp3) is 0.438. The van der Waals surface area contributed by atoms with E-state index in [0.717, 1.165) is 30.7 Å². The number of amides is 2. The first-order chi connectivity index (χ1) is 12.2. The third-order valence-electron chi connectivity index (χ3n) is 3.99. The van der Waals surface area contributed by atoms with Crippen LogP contribution in [0.3, 0.4) is 0 Å². The highest BCUT2D eigenvalue weighted by Gasteiger charge is 2.34. The van der Waals surface area contributed by atoms with Gasteiger partial charge in [-0.2, -0.15) is 0 Å². The van der Waals surface area contributed by atoms with E-state index in [1.807, 2.05) is 0 Å². The lowest BCUT2D eigenvalue weighted by Gasteiger charge is -2.24.